The van der Waals surface area contributed by atoms with Gasteiger partial charge in [0.15, 0.2) is 11.5 Å². The third kappa shape index (κ3) is 3.33. The molecule has 2 aromatic carbocycles. The molecule has 4 nitrogen and oxygen atoms in total. The Bertz CT molecular complexity index is 932. The predicted molar refractivity (Wildman–Crippen MR) is 104 cm³/mol. The molecule has 2 aromatic rings. The Morgan fingerprint density at radius 3 is 1.90 bits per heavy atom. The molecule has 0 unspecified atom stereocenters. The van der Waals surface area contributed by atoms with Crippen molar-refractivity contribution >= 4 is 11.9 Å². The molecule has 150 valence electrons. The zero-order valence-electron chi connectivity index (χ0n) is 16.1. The summed E-state index contributed by atoms with van der Waals surface area (Å²) in [7, 11) is 0. The molecule has 6 rings (SSSR count). The van der Waals surface area contributed by atoms with E-state index >= 15 is 0 Å². The number of benzene rings is 2. The van der Waals surface area contributed by atoms with Gasteiger partial charge in [0.05, 0.1) is 11.0 Å². The van der Waals surface area contributed by atoms with Crippen molar-refractivity contribution in [1.82, 2.24) is 0 Å². The number of esters is 2. The highest BCUT2D eigenvalue weighted by Gasteiger charge is 2.55. The van der Waals surface area contributed by atoms with E-state index in [-0.39, 0.29) is 23.0 Å². The van der Waals surface area contributed by atoms with Gasteiger partial charge in [-0.05, 0) is 80.5 Å². The summed E-state index contributed by atoms with van der Waals surface area (Å²) in [5.74, 6) is 0.526. The van der Waals surface area contributed by atoms with Crippen LogP contribution >= 0.6 is 0 Å². The number of ether oxygens (including phenoxy) is 2. The minimum atomic E-state index is -0.818. The summed E-state index contributed by atoms with van der Waals surface area (Å²) in [6.45, 7) is 0. The Hall–Kier alpha value is -2.69. The molecule has 0 amide bonds. The van der Waals surface area contributed by atoms with Gasteiger partial charge in [-0.15, -0.1) is 0 Å². The monoisotopic (exact) mass is 394 g/mol. The molecule has 4 aliphatic carbocycles. The van der Waals surface area contributed by atoms with Crippen LogP contribution in [0.5, 0.6) is 11.5 Å². The average Bonchev–Trinajstić information content (AvgIpc) is 2.68. The van der Waals surface area contributed by atoms with Crippen molar-refractivity contribution in [1.29, 1.82) is 0 Å². The lowest BCUT2D eigenvalue weighted by Crippen LogP contribution is -2.51. The van der Waals surface area contributed by atoms with Crippen molar-refractivity contribution in [3.05, 3.63) is 59.9 Å². The van der Waals surface area contributed by atoms with E-state index in [1.54, 1.807) is 30.3 Å². The number of carbonyl (C=O) groups excluding carboxylic acids is 2. The van der Waals surface area contributed by atoms with Crippen molar-refractivity contribution < 1.29 is 23.5 Å². The standard InChI is InChI=1S/C24H23FO4/c25-19-6-2-1-5-18(19)22(26)28-20-7-3-4-8-21(20)29-23(27)24-12-15-9-16(13-24)11-17(10-15)14-24/h1-8,15-17H,9-14H2. The summed E-state index contributed by atoms with van der Waals surface area (Å²) in [4.78, 5) is 25.6. The lowest BCUT2D eigenvalue weighted by Gasteiger charge is -2.55. The number of hydrogen-bond donors (Lipinski definition) is 0. The highest BCUT2D eigenvalue weighted by molar-refractivity contribution is 5.91. The van der Waals surface area contributed by atoms with Crippen LogP contribution in [-0.4, -0.2) is 11.9 Å². The normalized spacial score (nSPS) is 29.5. The first-order chi connectivity index (χ1) is 14.0. The van der Waals surface area contributed by atoms with Gasteiger partial charge >= 0.3 is 11.9 Å². The van der Waals surface area contributed by atoms with E-state index < -0.39 is 17.2 Å². The molecular formula is C24H23FO4. The molecule has 4 bridgehead atoms. The maximum Gasteiger partial charge on any atom is 0.346 e. The fourth-order valence-corrected chi connectivity index (χ4v) is 5.97. The fraction of sp³-hybridized carbons (Fsp3) is 0.417. The van der Waals surface area contributed by atoms with Gasteiger partial charge in [0.1, 0.15) is 5.82 Å². The van der Waals surface area contributed by atoms with Crippen LogP contribution in [0.1, 0.15) is 48.9 Å². The van der Waals surface area contributed by atoms with E-state index in [0.717, 1.165) is 19.3 Å². The maximum atomic E-state index is 13.9. The van der Waals surface area contributed by atoms with Crippen molar-refractivity contribution in [3.63, 3.8) is 0 Å². The molecule has 0 N–H and O–H groups in total. The van der Waals surface area contributed by atoms with Crippen molar-refractivity contribution in [2.24, 2.45) is 23.2 Å². The number of rotatable bonds is 4. The molecule has 0 radical (unpaired) electrons. The third-order valence-electron chi connectivity index (χ3n) is 6.82. The molecule has 0 aromatic heterocycles. The predicted octanol–water partition coefficient (Wildman–Crippen LogP) is 5.17. The molecule has 4 saturated carbocycles. The molecule has 0 spiro atoms. The first kappa shape index (κ1) is 18.3. The lowest BCUT2D eigenvalue weighted by molar-refractivity contribution is -0.161. The first-order valence-electron chi connectivity index (χ1n) is 10.3. The minimum absolute atomic E-state index is 0.124. The Labute approximate surface area is 169 Å². The van der Waals surface area contributed by atoms with Gasteiger partial charge in [-0.1, -0.05) is 24.3 Å². The largest absolute Gasteiger partial charge is 0.422 e. The molecule has 5 heteroatoms. The van der Waals surface area contributed by atoms with E-state index in [1.165, 1.54) is 37.5 Å². The summed E-state index contributed by atoms with van der Waals surface area (Å²) >= 11 is 0. The lowest BCUT2D eigenvalue weighted by atomic mass is 9.49. The van der Waals surface area contributed by atoms with E-state index in [9.17, 15) is 14.0 Å². The Balaban J connectivity index is 1.36. The number of carbonyl (C=O) groups is 2. The number of hydrogen-bond acceptors (Lipinski definition) is 4. The summed E-state index contributed by atoms with van der Waals surface area (Å²) < 4.78 is 25.1. The van der Waals surface area contributed by atoms with Gasteiger partial charge in [0, 0.05) is 0 Å². The van der Waals surface area contributed by atoms with Gasteiger partial charge in [-0.3, -0.25) is 4.79 Å². The van der Waals surface area contributed by atoms with Crippen LogP contribution in [-0.2, 0) is 4.79 Å². The summed E-state index contributed by atoms with van der Waals surface area (Å²) in [5.41, 5.74) is -0.563. The Morgan fingerprint density at radius 1 is 0.793 bits per heavy atom. The zero-order chi connectivity index (χ0) is 20.0. The Kier molecular flexibility index (Phi) is 4.41. The molecule has 4 fully saturated rings. The number of para-hydroxylation sites is 2. The average molecular weight is 394 g/mol. The second kappa shape index (κ2) is 6.97. The van der Waals surface area contributed by atoms with Crippen LogP contribution in [0.2, 0.25) is 0 Å². The molecule has 0 aliphatic heterocycles. The molecule has 0 heterocycles. The van der Waals surface area contributed by atoms with Crippen LogP contribution in [0.3, 0.4) is 0 Å². The zero-order valence-corrected chi connectivity index (χ0v) is 16.1. The van der Waals surface area contributed by atoms with E-state index in [2.05, 4.69) is 0 Å². The van der Waals surface area contributed by atoms with Crippen molar-refractivity contribution in [2.75, 3.05) is 0 Å². The maximum absolute atomic E-state index is 13.9. The molecule has 4 aliphatic rings. The first-order valence-corrected chi connectivity index (χ1v) is 10.3. The fourth-order valence-electron chi connectivity index (χ4n) is 5.97. The summed E-state index contributed by atoms with van der Waals surface area (Å²) in [6.07, 6.45) is 6.41. The molecule has 0 saturated heterocycles. The van der Waals surface area contributed by atoms with Crippen LogP contribution in [0.15, 0.2) is 48.5 Å². The highest BCUT2D eigenvalue weighted by Crippen LogP contribution is 2.60. The molecule has 29 heavy (non-hydrogen) atoms. The van der Waals surface area contributed by atoms with Crippen molar-refractivity contribution in [2.45, 2.75) is 38.5 Å². The quantitative estimate of drug-likeness (QED) is 0.530. The second-order valence-electron chi connectivity index (χ2n) is 8.90. The van der Waals surface area contributed by atoms with Crippen LogP contribution in [0.4, 0.5) is 4.39 Å². The van der Waals surface area contributed by atoms with Gasteiger partial charge in [-0.2, -0.15) is 0 Å². The number of halogens is 1. The topological polar surface area (TPSA) is 52.6 Å². The second-order valence-corrected chi connectivity index (χ2v) is 8.90. The third-order valence-corrected chi connectivity index (χ3v) is 6.82. The van der Waals surface area contributed by atoms with E-state index in [4.69, 9.17) is 9.47 Å². The minimum Gasteiger partial charge on any atom is -0.422 e. The molecular weight excluding hydrogens is 371 g/mol. The van der Waals surface area contributed by atoms with Crippen LogP contribution in [0.25, 0.3) is 0 Å². The van der Waals surface area contributed by atoms with Crippen molar-refractivity contribution in [3.8, 4) is 11.5 Å². The van der Waals surface area contributed by atoms with Gasteiger partial charge in [-0.25, -0.2) is 9.18 Å². The highest BCUT2D eigenvalue weighted by atomic mass is 19.1. The van der Waals surface area contributed by atoms with Gasteiger partial charge in [0.2, 0.25) is 0 Å². The SMILES string of the molecule is O=C(Oc1ccccc1OC(=O)C12CC3CC(CC(C3)C1)C2)c1ccccc1F. The Morgan fingerprint density at radius 2 is 1.31 bits per heavy atom. The van der Waals surface area contributed by atoms with E-state index in [1.807, 2.05) is 0 Å². The van der Waals surface area contributed by atoms with Gasteiger partial charge < -0.3 is 9.47 Å². The van der Waals surface area contributed by atoms with Crippen LogP contribution < -0.4 is 9.47 Å². The van der Waals surface area contributed by atoms with Crippen LogP contribution in [0, 0.1) is 29.0 Å². The van der Waals surface area contributed by atoms with Gasteiger partial charge in [0.25, 0.3) is 0 Å². The summed E-state index contributed by atoms with van der Waals surface area (Å²) in [6, 6.07) is 12.2. The summed E-state index contributed by atoms with van der Waals surface area (Å²) in [5, 5.41) is 0. The molecule has 0 atom stereocenters. The van der Waals surface area contributed by atoms with E-state index in [0.29, 0.717) is 17.8 Å². The smallest absolute Gasteiger partial charge is 0.346 e.